The van der Waals surface area contributed by atoms with E-state index in [-0.39, 0.29) is 261 Å². The van der Waals surface area contributed by atoms with Crippen LogP contribution in [0.15, 0.2) is 0 Å². The lowest BCUT2D eigenvalue weighted by Gasteiger charge is -2.24. The Hall–Kier alpha value is -12.0. The van der Waals surface area contributed by atoms with Crippen LogP contribution < -0.4 is 0 Å². The Labute approximate surface area is 810 Å². The summed E-state index contributed by atoms with van der Waals surface area (Å²) in [6.45, 7) is -15.0. The zero-order chi connectivity index (χ0) is 103. The Kier molecular flexibility index (Phi) is 52.6. The fraction of sp³-hybridized carbons (Fsp3) is 0.707. The molecule has 8 fully saturated rings. The van der Waals surface area contributed by atoms with Gasteiger partial charge in [-0.2, -0.15) is 0 Å². The molecule has 0 aliphatic carbocycles. The summed E-state index contributed by atoms with van der Waals surface area (Å²) in [5.74, 6) is -20.7. The number of imide groups is 8. The zero-order valence-electron chi connectivity index (χ0n) is 77.4. The van der Waals surface area contributed by atoms with Gasteiger partial charge in [-0.3, -0.25) is 76.7 Å². The third kappa shape index (κ3) is 44.0. The Bertz CT molecular complexity index is 3990. The summed E-state index contributed by atoms with van der Waals surface area (Å²) in [5, 5.41) is 2.57. The number of hydrogen-bond acceptors (Lipinski definition) is 53. The van der Waals surface area contributed by atoms with E-state index in [4.69, 9.17) is 138 Å². The topological polar surface area (TPSA) is 703 Å². The predicted molar refractivity (Wildman–Crippen MR) is 438 cm³/mol. The Morgan fingerprint density at radius 2 is 0.245 bits per heavy atom. The summed E-state index contributed by atoms with van der Waals surface area (Å²) in [5.41, 5.74) is 0. The fourth-order valence-corrected chi connectivity index (χ4v) is 12.4. The first-order chi connectivity index (χ1) is 68.9. The van der Waals surface area contributed by atoms with Crippen molar-refractivity contribution in [2.45, 2.75) is 139 Å². The second-order valence-electron chi connectivity index (χ2n) is 30.6. The highest BCUT2D eigenvalue weighted by Gasteiger charge is 2.41. The molecule has 0 saturated carbocycles. The van der Waals surface area contributed by atoms with E-state index >= 15 is 0 Å². The van der Waals surface area contributed by atoms with Crippen molar-refractivity contribution in [3.63, 3.8) is 0 Å². The minimum atomic E-state index is -1.13. The normalized spacial score (nSPS) is 17.6. The summed E-state index contributed by atoms with van der Waals surface area (Å²) in [6, 6.07) is 0. The van der Waals surface area contributed by atoms with Crippen LogP contribution in [0.1, 0.15) is 103 Å². The molecule has 8 rings (SSSR count). The van der Waals surface area contributed by atoms with Gasteiger partial charge < -0.3 is 138 Å². The number of hydroxylamine groups is 16. The van der Waals surface area contributed by atoms with Gasteiger partial charge >= 0.3 is 47.8 Å². The molecule has 61 nitrogen and oxygen atoms in total. The first-order valence-corrected chi connectivity index (χ1v) is 44.8. The van der Waals surface area contributed by atoms with Gasteiger partial charge in [0, 0.05) is 103 Å². The molecule has 0 bridgehead atoms. The smallest absolute Gasteiger partial charge is 0.358 e. The maximum Gasteiger partial charge on any atom is 0.358 e. The van der Waals surface area contributed by atoms with Crippen LogP contribution in [0.25, 0.3) is 0 Å². The number of nitrogens with zero attached hydrogens (tertiary/aromatic N) is 8. The van der Waals surface area contributed by atoms with Crippen LogP contribution in [0.2, 0.25) is 0 Å². The minimum Gasteiger partial charge on any atom is -0.376 e. The van der Waals surface area contributed by atoms with Gasteiger partial charge in [-0.15, -0.1) is 40.5 Å². The average molecular weight is 2060 g/mol. The van der Waals surface area contributed by atoms with Crippen molar-refractivity contribution in [2.75, 3.05) is 238 Å². The molecule has 143 heavy (non-hydrogen) atoms. The van der Waals surface area contributed by atoms with E-state index in [0.29, 0.717) is 40.5 Å². The molecule has 796 valence electrons. The SMILES string of the molecule is O=C(COCCOCC(COCC(COCC(COCC(COCC(COCC(COCCOCC(=O)ON1C(=O)CCC1=O)OCCOCC(=O)ON1C(=O)CCC1=O)OCCOCC(=O)ON1C(=O)CCC1=O)OCCOCC(=O)ON1C(=O)CCC1=O)OCCOCC(=O)ON1C(=O)CCC1=O)OCCOCC(=O)ON1C(=O)CCC1=O)OCCOCC(=O)ON1C(=O)CCC1=O)ON1C(=O)CCC1=O. The zero-order valence-corrected chi connectivity index (χ0v) is 77.4. The van der Waals surface area contributed by atoms with Gasteiger partial charge in [-0.1, -0.05) is 0 Å². The molecule has 6 atom stereocenters. The van der Waals surface area contributed by atoms with Crippen molar-refractivity contribution in [3.8, 4) is 0 Å². The first kappa shape index (κ1) is 116. The highest BCUT2D eigenvalue weighted by Crippen LogP contribution is 2.21. The first-order valence-electron chi connectivity index (χ1n) is 44.8. The lowest BCUT2D eigenvalue weighted by molar-refractivity contribution is -0.200. The Morgan fingerprint density at radius 1 is 0.147 bits per heavy atom. The summed E-state index contributed by atoms with van der Waals surface area (Å²) in [6.07, 6.45) is -9.31. The number of amides is 16. The van der Waals surface area contributed by atoms with E-state index in [1.165, 1.54) is 0 Å². The molecule has 8 heterocycles. The van der Waals surface area contributed by atoms with Gasteiger partial charge in [0.15, 0.2) is 0 Å². The lowest BCUT2D eigenvalue weighted by Crippen LogP contribution is -2.36. The van der Waals surface area contributed by atoms with Crippen molar-refractivity contribution in [1.29, 1.82) is 0 Å². The maximum absolute atomic E-state index is 12.7. The summed E-state index contributed by atoms with van der Waals surface area (Å²) in [4.78, 5) is 332. The van der Waals surface area contributed by atoms with Crippen LogP contribution in [-0.4, -0.2) is 457 Å². The molecule has 0 aromatic carbocycles. The lowest BCUT2D eigenvalue weighted by atomic mass is 10.3. The predicted octanol–water partition coefficient (Wildman–Crippen LogP) is -7.60. The Balaban J connectivity index is 0.949. The molecule has 0 aromatic rings. The van der Waals surface area contributed by atoms with Gasteiger partial charge in [0.05, 0.1) is 185 Å². The van der Waals surface area contributed by atoms with E-state index in [2.05, 4.69) is 0 Å². The fourth-order valence-electron chi connectivity index (χ4n) is 12.4. The van der Waals surface area contributed by atoms with Crippen LogP contribution in [0, 0.1) is 0 Å². The van der Waals surface area contributed by atoms with Gasteiger partial charge in [-0.05, 0) is 0 Å². The van der Waals surface area contributed by atoms with Gasteiger partial charge in [0.2, 0.25) is 0 Å². The van der Waals surface area contributed by atoms with Crippen molar-refractivity contribution in [2.24, 2.45) is 0 Å². The third-order valence-electron chi connectivity index (χ3n) is 19.2. The number of carbonyl (C=O) groups is 24. The van der Waals surface area contributed by atoms with Crippen LogP contribution in [-0.2, 0) is 253 Å². The van der Waals surface area contributed by atoms with Crippen molar-refractivity contribution < 1.29 is 253 Å². The largest absolute Gasteiger partial charge is 0.376 e. The molecule has 0 radical (unpaired) electrons. The molecule has 8 aliphatic heterocycles. The molecular formula is C82H110N8O53. The second-order valence-corrected chi connectivity index (χ2v) is 30.6. The monoisotopic (exact) mass is 2050 g/mol. The number of ether oxygens (including phenoxy) is 21. The second kappa shape index (κ2) is 64.6. The molecule has 8 aliphatic rings. The van der Waals surface area contributed by atoms with Crippen molar-refractivity contribution in [1.82, 2.24) is 40.5 Å². The van der Waals surface area contributed by atoms with E-state index < -0.39 is 258 Å². The third-order valence-corrected chi connectivity index (χ3v) is 19.2. The standard InChI is InChI=1S/C82H110N8O53/c91-59-1-2-60(92)83(59)136-75(107)45-117-19-17-115-33-53(130-27-21-119-47-77(109)138-85-63(95)5-6-64(85)96)35-125-37-55(132-29-23-121-49-79(111)140-87-67(99)9-10-68(87)100)39-127-41-57(134-31-25-123-51-81(113)142-89-71(103)13-14-72(89)104)43-129-44-58(135-32-26-124-52-82(114)143-90-73(105)15-16-74(90)106)42-128-40-56(133-30-24-122-50-80(112)141-88-69(101)11-12-70(88)102)38-126-36-54(131-28-22-120-48-78(110)139-86-65(97)7-8-66(86)98)34-116-18-20-118-46-76(108)137-84-61(93)3-4-62(84)94/h53-58H,1-52H2. The minimum absolute atomic E-state index is 0.153. The molecule has 8 saturated heterocycles. The summed E-state index contributed by atoms with van der Waals surface area (Å²) < 4.78 is 122. The van der Waals surface area contributed by atoms with Gasteiger partial charge in [-0.25, -0.2) is 38.4 Å². The number of hydrogen-bond donors (Lipinski definition) is 0. The van der Waals surface area contributed by atoms with Crippen LogP contribution in [0.4, 0.5) is 0 Å². The molecule has 6 unspecified atom stereocenters. The average Bonchev–Trinajstić information content (AvgIpc) is 1.77. The van der Waals surface area contributed by atoms with E-state index in [0.717, 1.165) is 0 Å². The molecule has 0 N–H and O–H groups in total. The highest BCUT2D eigenvalue weighted by molar-refractivity contribution is 6.06. The van der Waals surface area contributed by atoms with Crippen LogP contribution >= 0.6 is 0 Å². The molecular weight excluding hydrogens is 1940 g/mol. The van der Waals surface area contributed by atoms with Crippen LogP contribution in [0.3, 0.4) is 0 Å². The van der Waals surface area contributed by atoms with Crippen LogP contribution in [0.5, 0.6) is 0 Å². The quantitative estimate of drug-likeness (QED) is 0.0403. The summed E-state index contributed by atoms with van der Waals surface area (Å²) in [7, 11) is 0. The summed E-state index contributed by atoms with van der Waals surface area (Å²) >= 11 is 0. The van der Waals surface area contributed by atoms with Gasteiger partial charge in [0.1, 0.15) is 89.5 Å². The maximum atomic E-state index is 12.7. The van der Waals surface area contributed by atoms with E-state index in [1.807, 2.05) is 0 Å². The number of rotatable bonds is 78. The molecule has 61 heteroatoms. The molecule has 0 spiro atoms. The molecule has 16 amide bonds. The van der Waals surface area contributed by atoms with E-state index in [1.54, 1.807) is 0 Å². The highest BCUT2D eigenvalue weighted by atomic mass is 16.8. The van der Waals surface area contributed by atoms with Crippen molar-refractivity contribution in [3.05, 3.63) is 0 Å². The number of carbonyl (C=O) groups excluding carboxylic acids is 24. The van der Waals surface area contributed by atoms with Crippen molar-refractivity contribution >= 4 is 142 Å². The van der Waals surface area contributed by atoms with E-state index in [9.17, 15) is 115 Å². The molecule has 0 aromatic heterocycles. The Morgan fingerprint density at radius 3 is 0.364 bits per heavy atom. The van der Waals surface area contributed by atoms with Gasteiger partial charge in [0.25, 0.3) is 94.5 Å².